The minimum atomic E-state index is 0.759. The Kier molecular flexibility index (Phi) is 1.90. The van der Waals surface area contributed by atoms with Crippen molar-refractivity contribution in [1.29, 1.82) is 0 Å². The third kappa shape index (κ3) is 1.30. The Balaban J connectivity index is 1.77. The number of nitrogens with two attached hydrogens (primary N) is 1. The standard InChI is InChI=1S/C9H18N2/c10-5-6-11-7-9(8-11)3-1-2-4-9/h1-8,10H2. The summed E-state index contributed by atoms with van der Waals surface area (Å²) in [6.45, 7) is 4.62. The number of hydrogen-bond donors (Lipinski definition) is 1. The van der Waals surface area contributed by atoms with E-state index < -0.39 is 0 Å². The molecule has 0 atom stereocenters. The van der Waals surface area contributed by atoms with E-state index in [1.54, 1.807) is 0 Å². The van der Waals surface area contributed by atoms with Crippen LogP contribution in [0.15, 0.2) is 0 Å². The van der Waals surface area contributed by atoms with Crippen LogP contribution in [0, 0.1) is 5.41 Å². The molecule has 0 aromatic rings. The predicted octanol–water partition coefficient (Wildman–Crippen LogP) is 0.821. The van der Waals surface area contributed by atoms with Crippen LogP contribution in [0.2, 0.25) is 0 Å². The fraction of sp³-hybridized carbons (Fsp3) is 1.00. The lowest BCUT2D eigenvalue weighted by molar-refractivity contribution is 0.00896. The zero-order valence-electron chi connectivity index (χ0n) is 7.18. The molecular weight excluding hydrogens is 136 g/mol. The molecule has 2 rings (SSSR count). The first kappa shape index (κ1) is 7.56. The highest BCUT2D eigenvalue weighted by Gasteiger charge is 2.43. The third-order valence-corrected chi connectivity index (χ3v) is 3.23. The second kappa shape index (κ2) is 2.76. The second-order valence-corrected chi connectivity index (χ2v) is 4.21. The first-order valence-corrected chi connectivity index (χ1v) is 4.77. The molecule has 0 amide bonds. The Morgan fingerprint density at radius 2 is 1.82 bits per heavy atom. The fourth-order valence-corrected chi connectivity index (χ4v) is 2.68. The second-order valence-electron chi connectivity index (χ2n) is 4.21. The average molecular weight is 154 g/mol. The Morgan fingerprint density at radius 3 is 2.36 bits per heavy atom. The Bertz CT molecular complexity index is 130. The van der Waals surface area contributed by atoms with Crippen LogP contribution in [0.4, 0.5) is 0 Å². The molecule has 1 spiro atoms. The molecule has 0 unspecified atom stereocenters. The lowest BCUT2D eigenvalue weighted by Crippen LogP contribution is -2.55. The molecule has 0 aromatic carbocycles. The van der Waals surface area contributed by atoms with Gasteiger partial charge in [0.05, 0.1) is 0 Å². The van der Waals surface area contributed by atoms with Gasteiger partial charge in [-0.1, -0.05) is 12.8 Å². The monoisotopic (exact) mass is 154 g/mol. The summed E-state index contributed by atoms with van der Waals surface area (Å²) in [7, 11) is 0. The summed E-state index contributed by atoms with van der Waals surface area (Å²) in [4.78, 5) is 2.49. The maximum Gasteiger partial charge on any atom is 0.0105 e. The molecule has 2 fully saturated rings. The Morgan fingerprint density at radius 1 is 1.18 bits per heavy atom. The highest BCUT2D eigenvalue weighted by atomic mass is 15.2. The van der Waals surface area contributed by atoms with Gasteiger partial charge in [-0.15, -0.1) is 0 Å². The van der Waals surface area contributed by atoms with Crippen molar-refractivity contribution in [2.75, 3.05) is 26.2 Å². The molecule has 1 saturated carbocycles. The van der Waals surface area contributed by atoms with Crippen molar-refractivity contribution in [3.05, 3.63) is 0 Å². The van der Waals surface area contributed by atoms with Crippen LogP contribution in [0.3, 0.4) is 0 Å². The summed E-state index contributed by atoms with van der Waals surface area (Å²) >= 11 is 0. The summed E-state index contributed by atoms with van der Waals surface area (Å²) in [6.07, 6.45) is 5.90. The molecule has 0 bridgehead atoms. The van der Waals surface area contributed by atoms with Gasteiger partial charge in [-0.3, -0.25) is 0 Å². The van der Waals surface area contributed by atoms with Crippen molar-refractivity contribution in [3.8, 4) is 0 Å². The van der Waals surface area contributed by atoms with E-state index in [-0.39, 0.29) is 0 Å². The normalized spacial score (nSPS) is 29.2. The van der Waals surface area contributed by atoms with Crippen LogP contribution in [-0.2, 0) is 0 Å². The summed E-state index contributed by atoms with van der Waals surface area (Å²) in [5.41, 5.74) is 6.24. The Labute approximate surface area is 68.7 Å². The van der Waals surface area contributed by atoms with Gasteiger partial charge in [0.25, 0.3) is 0 Å². The van der Waals surface area contributed by atoms with E-state index in [4.69, 9.17) is 5.73 Å². The molecule has 2 nitrogen and oxygen atoms in total. The molecule has 2 heteroatoms. The van der Waals surface area contributed by atoms with Gasteiger partial charge in [0.15, 0.2) is 0 Å². The van der Waals surface area contributed by atoms with Gasteiger partial charge in [-0.25, -0.2) is 0 Å². The molecule has 2 N–H and O–H groups in total. The van der Waals surface area contributed by atoms with Gasteiger partial charge in [-0.2, -0.15) is 0 Å². The highest BCUT2D eigenvalue weighted by molar-refractivity contribution is 4.97. The van der Waals surface area contributed by atoms with Crippen molar-refractivity contribution in [1.82, 2.24) is 4.90 Å². The first-order valence-electron chi connectivity index (χ1n) is 4.77. The van der Waals surface area contributed by atoms with Crippen LogP contribution < -0.4 is 5.73 Å². The first-order chi connectivity index (χ1) is 5.35. The van der Waals surface area contributed by atoms with Crippen LogP contribution in [0.25, 0.3) is 0 Å². The van der Waals surface area contributed by atoms with Crippen molar-refractivity contribution in [3.63, 3.8) is 0 Å². The van der Waals surface area contributed by atoms with Crippen molar-refractivity contribution in [2.45, 2.75) is 25.7 Å². The molecule has 1 aliphatic heterocycles. The maximum atomic E-state index is 5.48. The lowest BCUT2D eigenvalue weighted by Gasteiger charge is -2.48. The van der Waals surface area contributed by atoms with E-state index in [1.807, 2.05) is 0 Å². The van der Waals surface area contributed by atoms with Gasteiger partial charge in [0.2, 0.25) is 0 Å². The van der Waals surface area contributed by atoms with E-state index in [0.717, 1.165) is 18.5 Å². The SMILES string of the molecule is NCCN1CC2(CCCC2)C1. The molecule has 1 heterocycles. The van der Waals surface area contributed by atoms with Gasteiger partial charge < -0.3 is 10.6 Å². The predicted molar refractivity (Wildman–Crippen MR) is 46.4 cm³/mol. The molecule has 0 radical (unpaired) electrons. The lowest BCUT2D eigenvalue weighted by atomic mass is 9.78. The Hall–Kier alpha value is -0.0800. The van der Waals surface area contributed by atoms with Crippen molar-refractivity contribution < 1.29 is 0 Å². The van der Waals surface area contributed by atoms with Gasteiger partial charge in [0, 0.05) is 26.2 Å². The quantitative estimate of drug-likeness (QED) is 0.638. The van der Waals surface area contributed by atoms with E-state index >= 15 is 0 Å². The number of nitrogens with zero attached hydrogens (tertiary/aromatic N) is 1. The summed E-state index contributed by atoms with van der Waals surface area (Å²) < 4.78 is 0. The molecule has 11 heavy (non-hydrogen) atoms. The van der Waals surface area contributed by atoms with E-state index in [0.29, 0.717) is 0 Å². The topological polar surface area (TPSA) is 29.3 Å². The number of likely N-dealkylation sites (tertiary alicyclic amines) is 1. The van der Waals surface area contributed by atoms with Gasteiger partial charge >= 0.3 is 0 Å². The summed E-state index contributed by atoms with van der Waals surface area (Å²) in [5, 5.41) is 0. The van der Waals surface area contributed by atoms with Crippen molar-refractivity contribution >= 4 is 0 Å². The average Bonchev–Trinajstić information content (AvgIpc) is 2.35. The van der Waals surface area contributed by atoms with E-state index in [9.17, 15) is 0 Å². The smallest absolute Gasteiger partial charge is 0.0105 e. The van der Waals surface area contributed by atoms with Gasteiger partial charge in [-0.05, 0) is 18.3 Å². The zero-order chi connectivity index (χ0) is 7.73. The van der Waals surface area contributed by atoms with Crippen LogP contribution in [0.1, 0.15) is 25.7 Å². The van der Waals surface area contributed by atoms with E-state index in [2.05, 4.69) is 4.90 Å². The summed E-state index contributed by atoms with van der Waals surface area (Å²) in [6, 6.07) is 0. The number of rotatable bonds is 2. The largest absolute Gasteiger partial charge is 0.329 e. The molecule has 0 aromatic heterocycles. The minimum absolute atomic E-state index is 0.759. The highest BCUT2D eigenvalue weighted by Crippen LogP contribution is 2.44. The van der Waals surface area contributed by atoms with Crippen LogP contribution in [-0.4, -0.2) is 31.1 Å². The fourth-order valence-electron chi connectivity index (χ4n) is 2.68. The van der Waals surface area contributed by atoms with Crippen molar-refractivity contribution in [2.24, 2.45) is 11.1 Å². The summed E-state index contributed by atoms with van der Waals surface area (Å²) in [5.74, 6) is 0. The van der Waals surface area contributed by atoms with Crippen LogP contribution in [0.5, 0.6) is 0 Å². The number of hydrogen-bond acceptors (Lipinski definition) is 2. The molecule has 1 aliphatic carbocycles. The van der Waals surface area contributed by atoms with Gasteiger partial charge in [0.1, 0.15) is 0 Å². The van der Waals surface area contributed by atoms with E-state index in [1.165, 1.54) is 38.8 Å². The molecule has 64 valence electrons. The molecule has 1 saturated heterocycles. The van der Waals surface area contributed by atoms with Crippen LogP contribution >= 0.6 is 0 Å². The molecule has 2 aliphatic rings. The molecular formula is C9H18N2. The zero-order valence-corrected chi connectivity index (χ0v) is 7.18. The minimum Gasteiger partial charge on any atom is -0.329 e. The third-order valence-electron chi connectivity index (χ3n) is 3.23. The maximum absolute atomic E-state index is 5.48.